The topological polar surface area (TPSA) is 47.7 Å². The Morgan fingerprint density at radius 2 is 2.21 bits per heavy atom. The van der Waals surface area contributed by atoms with Crippen molar-refractivity contribution in [3.63, 3.8) is 0 Å². The van der Waals surface area contributed by atoms with Gasteiger partial charge in [0.05, 0.1) is 6.54 Å². The zero-order valence-corrected chi connectivity index (χ0v) is 8.45. The fraction of sp³-hybridized carbons (Fsp3) is 0.455. The van der Waals surface area contributed by atoms with Crippen molar-refractivity contribution in [3.8, 4) is 5.75 Å². The molecule has 0 fully saturated rings. The molecule has 1 aromatic rings. The Kier molecular flexibility index (Phi) is 2.21. The molecule has 0 radical (unpaired) electrons. The average molecular weight is 193 g/mol. The second kappa shape index (κ2) is 3.26. The minimum atomic E-state index is 0.207. The van der Waals surface area contributed by atoms with Crippen LogP contribution in [0.25, 0.3) is 0 Å². The quantitative estimate of drug-likeness (QED) is 0.519. The van der Waals surface area contributed by atoms with Gasteiger partial charge in [0, 0.05) is 17.5 Å². The number of fused-ring (bicyclic) bond motifs is 1. The lowest BCUT2D eigenvalue weighted by Gasteiger charge is -2.17. The smallest absolute Gasteiger partial charge is 0.135 e. The van der Waals surface area contributed by atoms with Gasteiger partial charge in [-0.1, -0.05) is 13.8 Å². The normalized spacial score (nSPS) is 25.4. The van der Waals surface area contributed by atoms with Gasteiger partial charge in [0.25, 0.3) is 0 Å². The van der Waals surface area contributed by atoms with Crippen LogP contribution in [-0.2, 0) is 0 Å². The number of hydrogen-bond donors (Lipinski definition) is 2. The maximum atomic E-state index is 11.6. The summed E-state index contributed by atoms with van der Waals surface area (Å²) in [4.78, 5) is 0. The van der Waals surface area contributed by atoms with Crippen LogP contribution < -0.4 is 5.06 Å². The number of nitrogens with one attached hydrogen (secondary N) is 1. The van der Waals surface area contributed by atoms with Crippen molar-refractivity contribution < 1.29 is 10.2 Å². The largest absolute Gasteiger partial charge is 0.629 e. The van der Waals surface area contributed by atoms with Crippen LogP contribution in [0.15, 0.2) is 18.2 Å². The van der Waals surface area contributed by atoms with Crippen molar-refractivity contribution in [1.29, 1.82) is 0 Å². The first kappa shape index (κ1) is 9.49. The number of quaternary nitrogens is 1. The summed E-state index contributed by atoms with van der Waals surface area (Å²) in [6.07, 6.45) is 0. The van der Waals surface area contributed by atoms with E-state index in [1.807, 2.05) is 0 Å². The van der Waals surface area contributed by atoms with Crippen molar-refractivity contribution in [3.05, 3.63) is 29.0 Å². The van der Waals surface area contributed by atoms with Crippen LogP contribution in [0.4, 0.5) is 5.69 Å². The molecule has 3 heteroatoms. The molecule has 2 unspecified atom stereocenters. The van der Waals surface area contributed by atoms with E-state index in [1.54, 1.807) is 18.2 Å². The van der Waals surface area contributed by atoms with Crippen LogP contribution in [0.1, 0.15) is 25.3 Å². The van der Waals surface area contributed by atoms with Gasteiger partial charge in [0.15, 0.2) is 0 Å². The van der Waals surface area contributed by atoms with Crippen LogP contribution in [-0.4, -0.2) is 11.7 Å². The number of phenolic OH excluding ortho intramolecular Hbond substituents is 1. The number of phenols is 1. The molecule has 14 heavy (non-hydrogen) atoms. The minimum Gasteiger partial charge on any atom is -0.629 e. The fourth-order valence-electron chi connectivity index (χ4n) is 2.13. The summed E-state index contributed by atoms with van der Waals surface area (Å²) in [7, 11) is 0. The monoisotopic (exact) mass is 193 g/mol. The van der Waals surface area contributed by atoms with Gasteiger partial charge in [-0.2, -0.15) is 0 Å². The Balaban J connectivity index is 2.45. The van der Waals surface area contributed by atoms with Crippen molar-refractivity contribution >= 4 is 5.69 Å². The SMILES string of the molecule is CC(C)C1C[NH+]([O-])c2ccc(O)cc21. The lowest BCUT2D eigenvalue weighted by atomic mass is 9.90. The molecule has 0 aliphatic carbocycles. The van der Waals surface area contributed by atoms with E-state index in [-0.39, 0.29) is 16.7 Å². The highest BCUT2D eigenvalue weighted by molar-refractivity contribution is 5.49. The third kappa shape index (κ3) is 1.38. The highest BCUT2D eigenvalue weighted by Gasteiger charge is 2.31. The van der Waals surface area contributed by atoms with Gasteiger partial charge >= 0.3 is 0 Å². The number of aromatic hydroxyl groups is 1. The van der Waals surface area contributed by atoms with Crippen molar-refractivity contribution in [2.75, 3.05) is 6.54 Å². The Bertz CT molecular complexity index is 349. The summed E-state index contributed by atoms with van der Waals surface area (Å²) in [5.41, 5.74) is 1.81. The first-order valence-corrected chi connectivity index (χ1v) is 4.95. The van der Waals surface area contributed by atoms with Crippen molar-refractivity contribution in [2.45, 2.75) is 19.8 Å². The van der Waals surface area contributed by atoms with E-state index in [4.69, 9.17) is 0 Å². The van der Waals surface area contributed by atoms with Gasteiger partial charge in [-0.15, -0.1) is 0 Å². The van der Waals surface area contributed by atoms with Crippen LogP contribution >= 0.6 is 0 Å². The first-order valence-electron chi connectivity index (χ1n) is 4.95. The minimum absolute atomic E-state index is 0.207. The summed E-state index contributed by atoms with van der Waals surface area (Å²) in [6, 6.07) is 5.04. The third-order valence-electron chi connectivity index (χ3n) is 2.95. The lowest BCUT2D eigenvalue weighted by molar-refractivity contribution is -0.770. The molecule has 0 saturated carbocycles. The molecule has 2 atom stereocenters. The molecule has 1 aliphatic heterocycles. The van der Waals surface area contributed by atoms with E-state index in [9.17, 15) is 10.3 Å². The Morgan fingerprint density at radius 3 is 2.86 bits per heavy atom. The molecular formula is C11H15NO2. The van der Waals surface area contributed by atoms with Gasteiger partial charge in [0.2, 0.25) is 0 Å². The average Bonchev–Trinajstić information content (AvgIpc) is 2.43. The second-order valence-corrected chi connectivity index (χ2v) is 4.25. The van der Waals surface area contributed by atoms with Crippen LogP contribution in [0.2, 0.25) is 0 Å². The Morgan fingerprint density at radius 1 is 1.50 bits per heavy atom. The first-order chi connectivity index (χ1) is 6.59. The summed E-state index contributed by atoms with van der Waals surface area (Å²) in [5.74, 6) is 0.982. The number of rotatable bonds is 1. The highest BCUT2D eigenvalue weighted by atomic mass is 16.5. The van der Waals surface area contributed by atoms with Gasteiger partial charge in [0.1, 0.15) is 11.4 Å². The lowest BCUT2D eigenvalue weighted by Crippen LogP contribution is -3.00. The summed E-state index contributed by atoms with van der Waals surface area (Å²) < 4.78 is 0. The van der Waals surface area contributed by atoms with Crippen LogP contribution in [0.5, 0.6) is 5.75 Å². The Hall–Kier alpha value is -1.06. The zero-order valence-electron chi connectivity index (χ0n) is 8.45. The summed E-state index contributed by atoms with van der Waals surface area (Å²) in [6.45, 7) is 4.81. The van der Waals surface area contributed by atoms with Crippen molar-refractivity contribution in [1.82, 2.24) is 0 Å². The van der Waals surface area contributed by atoms with Gasteiger partial charge < -0.3 is 15.4 Å². The molecule has 1 heterocycles. The second-order valence-electron chi connectivity index (χ2n) is 4.25. The molecule has 1 aromatic carbocycles. The molecule has 0 spiro atoms. The molecule has 1 aliphatic rings. The standard InChI is InChI=1S/C11H15NO2/c1-7(2)10-6-12(14)11-4-3-8(13)5-9(10)11/h3-5,7,10,12-13H,6H2,1-2H3. The summed E-state index contributed by atoms with van der Waals surface area (Å²) in [5, 5.41) is 21.2. The highest BCUT2D eigenvalue weighted by Crippen LogP contribution is 2.34. The molecular weight excluding hydrogens is 178 g/mol. The predicted molar refractivity (Wildman–Crippen MR) is 54.5 cm³/mol. The number of hydroxylamine groups is 1. The number of benzene rings is 1. The Labute approximate surface area is 83.6 Å². The van der Waals surface area contributed by atoms with E-state index < -0.39 is 0 Å². The number of hydrogen-bond acceptors (Lipinski definition) is 2. The van der Waals surface area contributed by atoms with Gasteiger partial charge in [-0.3, -0.25) is 0 Å². The maximum absolute atomic E-state index is 11.6. The van der Waals surface area contributed by atoms with Crippen LogP contribution in [0, 0.1) is 11.1 Å². The van der Waals surface area contributed by atoms with E-state index in [2.05, 4.69) is 13.8 Å². The molecule has 76 valence electrons. The van der Waals surface area contributed by atoms with Crippen molar-refractivity contribution in [2.24, 2.45) is 5.92 Å². The summed E-state index contributed by atoms with van der Waals surface area (Å²) >= 11 is 0. The zero-order chi connectivity index (χ0) is 10.3. The van der Waals surface area contributed by atoms with Crippen LogP contribution in [0.3, 0.4) is 0 Å². The molecule has 2 N–H and O–H groups in total. The van der Waals surface area contributed by atoms with E-state index in [0.717, 1.165) is 11.3 Å². The molecule has 0 amide bonds. The van der Waals surface area contributed by atoms with Gasteiger partial charge in [-0.05, 0) is 18.1 Å². The molecule has 0 bridgehead atoms. The van der Waals surface area contributed by atoms with E-state index in [0.29, 0.717) is 12.5 Å². The maximum Gasteiger partial charge on any atom is 0.135 e. The third-order valence-corrected chi connectivity index (χ3v) is 2.95. The molecule has 3 nitrogen and oxygen atoms in total. The van der Waals surface area contributed by atoms with E-state index in [1.165, 1.54) is 0 Å². The molecule has 0 aromatic heterocycles. The predicted octanol–water partition coefficient (Wildman–Crippen LogP) is 1.16. The van der Waals surface area contributed by atoms with E-state index >= 15 is 0 Å². The molecule has 2 rings (SSSR count). The fourth-order valence-corrected chi connectivity index (χ4v) is 2.13. The van der Waals surface area contributed by atoms with Gasteiger partial charge in [-0.25, -0.2) is 0 Å². The molecule has 0 saturated heterocycles.